The maximum atomic E-state index is 13.9. The van der Waals surface area contributed by atoms with Gasteiger partial charge in [0.25, 0.3) is 0 Å². The molecule has 0 amide bonds. The van der Waals surface area contributed by atoms with Crippen molar-refractivity contribution in [3.8, 4) is 0 Å². The van der Waals surface area contributed by atoms with Crippen LogP contribution in [-0.4, -0.2) is 43.9 Å². The number of hydrogen-bond acceptors (Lipinski definition) is 3. The Morgan fingerprint density at radius 3 is 2.82 bits per heavy atom. The Hall–Kier alpha value is -1.42. The van der Waals surface area contributed by atoms with Crippen molar-refractivity contribution in [2.24, 2.45) is 0 Å². The van der Waals surface area contributed by atoms with Gasteiger partial charge in [0.1, 0.15) is 5.82 Å². The third-order valence-corrected chi connectivity index (χ3v) is 3.26. The van der Waals surface area contributed by atoms with Crippen LogP contribution in [0.4, 0.5) is 10.1 Å². The molecule has 92 valence electrons. The van der Waals surface area contributed by atoms with E-state index in [4.69, 9.17) is 0 Å². The van der Waals surface area contributed by atoms with Gasteiger partial charge in [-0.2, -0.15) is 0 Å². The fourth-order valence-corrected chi connectivity index (χ4v) is 2.40. The Morgan fingerprint density at radius 1 is 1.41 bits per heavy atom. The Balaban J connectivity index is 2.36. The zero-order valence-corrected chi connectivity index (χ0v) is 10.2. The molecule has 1 atom stereocenters. The van der Waals surface area contributed by atoms with Crippen molar-refractivity contribution in [2.75, 3.05) is 31.6 Å². The highest BCUT2D eigenvalue weighted by molar-refractivity contribution is 5.85. The molecule has 1 heterocycles. The van der Waals surface area contributed by atoms with E-state index in [-0.39, 0.29) is 11.9 Å². The molecule has 1 aromatic rings. The van der Waals surface area contributed by atoms with Crippen molar-refractivity contribution in [1.29, 1.82) is 0 Å². The van der Waals surface area contributed by atoms with E-state index >= 15 is 0 Å². The predicted octanol–water partition coefficient (Wildman–Crippen LogP) is 1.78. The standard InChI is InChI=1S/C13H17FN2O/c1-10-8-15(2)6-7-16(10)13-11(9-17)4-3-5-12(13)14/h3-5,9-10H,6-8H2,1-2H3. The maximum Gasteiger partial charge on any atom is 0.152 e. The second kappa shape index (κ2) is 4.84. The first kappa shape index (κ1) is 12.0. The number of para-hydroxylation sites is 1. The van der Waals surface area contributed by atoms with Crippen molar-refractivity contribution >= 4 is 12.0 Å². The molecule has 0 aromatic heterocycles. The first-order valence-corrected chi connectivity index (χ1v) is 5.82. The molecule has 1 unspecified atom stereocenters. The number of nitrogens with zero attached hydrogens (tertiary/aromatic N) is 2. The Bertz CT molecular complexity index is 422. The molecule has 1 fully saturated rings. The zero-order chi connectivity index (χ0) is 12.4. The molecule has 1 saturated heterocycles. The normalized spacial score (nSPS) is 21.6. The van der Waals surface area contributed by atoms with E-state index in [1.807, 2.05) is 4.90 Å². The van der Waals surface area contributed by atoms with Crippen LogP contribution in [0.5, 0.6) is 0 Å². The summed E-state index contributed by atoms with van der Waals surface area (Å²) in [5.74, 6) is -0.314. The molecular weight excluding hydrogens is 219 g/mol. The summed E-state index contributed by atoms with van der Waals surface area (Å²) in [6, 6.07) is 4.86. The number of carbonyl (C=O) groups excluding carboxylic acids is 1. The number of benzene rings is 1. The van der Waals surface area contributed by atoms with Gasteiger partial charge in [-0.15, -0.1) is 0 Å². The molecule has 17 heavy (non-hydrogen) atoms. The number of carbonyl (C=O) groups is 1. The smallest absolute Gasteiger partial charge is 0.152 e. The summed E-state index contributed by atoms with van der Waals surface area (Å²) in [7, 11) is 2.05. The molecule has 3 nitrogen and oxygen atoms in total. The zero-order valence-electron chi connectivity index (χ0n) is 10.2. The highest BCUT2D eigenvalue weighted by Gasteiger charge is 2.25. The van der Waals surface area contributed by atoms with Crippen LogP contribution in [0.3, 0.4) is 0 Å². The Labute approximate surface area is 101 Å². The quantitative estimate of drug-likeness (QED) is 0.731. The third kappa shape index (κ3) is 2.31. The average molecular weight is 236 g/mol. The Kier molecular flexibility index (Phi) is 3.43. The molecule has 0 radical (unpaired) electrons. The number of likely N-dealkylation sites (N-methyl/N-ethyl adjacent to an activating group) is 1. The summed E-state index contributed by atoms with van der Waals surface area (Å²) in [6.45, 7) is 4.57. The van der Waals surface area contributed by atoms with Crippen molar-refractivity contribution in [3.63, 3.8) is 0 Å². The van der Waals surface area contributed by atoms with E-state index in [1.54, 1.807) is 12.1 Å². The van der Waals surface area contributed by atoms with Gasteiger partial charge >= 0.3 is 0 Å². The molecule has 1 aromatic carbocycles. The van der Waals surface area contributed by atoms with Crippen molar-refractivity contribution in [1.82, 2.24) is 4.90 Å². The lowest BCUT2D eigenvalue weighted by Gasteiger charge is -2.40. The molecule has 1 aliphatic heterocycles. The summed E-state index contributed by atoms with van der Waals surface area (Å²) >= 11 is 0. The summed E-state index contributed by atoms with van der Waals surface area (Å²) in [5, 5.41) is 0. The minimum absolute atomic E-state index is 0.212. The van der Waals surface area contributed by atoms with E-state index < -0.39 is 0 Å². The molecule has 1 aliphatic rings. The number of anilines is 1. The molecule has 0 bridgehead atoms. The fraction of sp³-hybridized carbons (Fsp3) is 0.462. The second-order valence-corrected chi connectivity index (χ2v) is 4.60. The van der Waals surface area contributed by atoms with Gasteiger partial charge in [-0.05, 0) is 26.1 Å². The van der Waals surface area contributed by atoms with E-state index in [9.17, 15) is 9.18 Å². The number of piperazine rings is 1. The van der Waals surface area contributed by atoms with Crippen LogP contribution in [0.1, 0.15) is 17.3 Å². The molecular formula is C13H17FN2O. The van der Waals surface area contributed by atoms with E-state index in [1.165, 1.54) is 6.07 Å². The van der Waals surface area contributed by atoms with Crippen LogP contribution in [0.15, 0.2) is 18.2 Å². The van der Waals surface area contributed by atoms with Gasteiger partial charge in [0.2, 0.25) is 0 Å². The van der Waals surface area contributed by atoms with Crippen LogP contribution in [-0.2, 0) is 0 Å². The lowest BCUT2D eigenvalue weighted by molar-refractivity contribution is 0.112. The van der Waals surface area contributed by atoms with Gasteiger partial charge in [-0.3, -0.25) is 4.79 Å². The van der Waals surface area contributed by atoms with Crippen LogP contribution < -0.4 is 4.90 Å². The third-order valence-electron chi connectivity index (χ3n) is 3.26. The summed E-state index contributed by atoms with van der Waals surface area (Å²) in [6.07, 6.45) is 0.726. The largest absolute Gasteiger partial charge is 0.363 e. The lowest BCUT2D eigenvalue weighted by atomic mass is 10.1. The number of hydrogen-bond donors (Lipinski definition) is 0. The minimum Gasteiger partial charge on any atom is -0.363 e. The predicted molar refractivity (Wildman–Crippen MR) is 66.1 cm³/mol. The van der Waals surface area contributed by atoms with Crippen LogP contribution in [0.2, 0.25) is 0 Å². The topological polar surface area (TPSA) is 23.6 Å². The van der Waals surface area contributed by atoms with Gasteiger partial charge in [0.05, 0.1) is 5.69 Å². The summed E-state index contributed by atoms with van der Waals surface area (Å²) < 4.78 is 13.9. The average Bonchev–Trinajstić information content (AvgIpc) is 2.30. The van der Waals surface area contributed by atoms with E-state index in [0.29, 0.717) is 11.3 Å². The van der Waals surface area contributed by atoms with Gasteiger partial charge in [0.15, 0.2) is 6.29 Å². The molecule has 0 aliphatic carbocycles. The number of rotatable bonds is 2. The van der Waals surface area contributed by atoms with Gasteiger partial charge < -0.3 is 9.80 Å². The first-order chi connectivity index (χ1) is 8.13. The van der Waals surface area contributed by atoms with Crippen LogP contribution in [0.25, 0.3) is 0 Å². The van der Waals surface area contributed by atoms with Crippen molar-refractivity contribution < 1.29 is 9.18 Å². The lowest BCUT2D eigenvalue weighted by Crippen LogP contribution is -2.51. The molecule has 0 spiro atoms. The SMILES string of the molecule is CC1CN(C)CCN1c1c(F)cccc1C=O. The minimum atomic E-state index is -0.314. The molecule has 0 N–H and O–H groups in total. The van der Waals surface area contributed by atoms with Crippen LogP contribution in [0, 0.1) is 5.82 Å². The molecule has 0 saturated carbocycles. The highest BCUT2D eigenvalue weighted by Crippen LogP contribution is 2.26. The number of halogens is 1. The maximum absolute atomic E-state index is 13.9. The number of aldehydes is 1. The molecule has 4 heteroatoms. The fourth-order valence-electron chi connectivity index (χ4n) is 2.40. The summed E-state index contributed by atoms with van der Waals surface area (Å²) in [5.41, 5.74) is 0.879. The van der Waals surface area contributed by atoms with E-state index in [2.05, 4.69) is 18.9 Å². The highest BCUT2D eigenvalue weighted by atomic mass is 19.1. The van der Waals surface area contributed by atoms with Gasteiger partial charge in [0, 0.05) is 31.2 Å². The molecule has 2 rings (SSSR count). The van der Waals surface area contributed by atoms with E-state index in [0.717, 1.165) is 25.9 Å². The van der Waals surface area contributed by atoms with Crippen LogP contribution >= 0.6 is 0 Å². The van der Waals surface area contributed by atoms with Crippen molar-refractivity contribution in [2.45, 2.75) is 13.0 Å². The van der Waals surface area contributed by atoms with Gasteiger partial charge in [-0.1, -0.05) is 6.07 Å². The monoisotopic (exact) mass is 236 g/mol. The van der Waals surface area contributed by atoms with Crippen molar-refractivity contribution in [3.05, 3.63) is 29.6 Å². The second-order valence-electron chi connectivity index (χ2n) is 4.60. The first-order valence-electron chi connectivity index (χ1n) is 5.82. The Morgan fingerprint density at radius 2 is 2.18 bits per heavy atom. The summed E-state index contributed by atoms with van der Waals surface area (Å²) in [4.78, 5) is 15.2. The van der Waals surface area contributed by atoms with Gasteiger partial charge in [-0.25, -0.2) is 4.39 Å².